The molecule has 5 nitrogen and oxygen atoms in total. The molecule has 0 aliphatic heterocycles. The number of carboxylic acids is 1. The van der Waals surface area contributed by atoms with Gasteiger partial charge in [0.25, 0.3) is 0 Å². The first-order valence-corrected chi connectivity index (χ1v) is 5.34. The fourth-order valence-corrected chi connectivity index (χ4v) is 1.71. The van der Waals surface area contributed by atoms with Crippen molar-refractivity contribution in [3.05, 3.63) is 29.8 Å². The average Bonchev–Trinajstić information content (AvgIpc) is 2.03. The number of hydrogen-bond donors (Lipinski definition) is 4. The van der Waals surface area contributed by atoms with Crippen LogP contribution in [0.25, 0.3) is 0 Å². The maximum Gasteiger partial charge on any atom is 0.631 e. The largest absolute Gasteiger partial charge is 0.631 e. The summed E-state index contributed by atoms with van der Waals surface area (Å²) in [5.74, 6) is -0.816. The van der Waals surface area contributed by atoms with E-state index in [0.717, 1.165) is -0.342 Å². The van der Waals surface area contributed by atoms with Crippen molar-refractivity contribution in [2.75, 3.05) is 0 Å². The standard InChI is InChI=1S/C7H5O2.BH3O3.K/c8-7(9)6-4-2-1-3-5-6;2-1(3)4;/h1-4H,(H,8,9);2-4H;. The number of hydrogen-bond acceptors (Lipinski definition) is 4. The molecule has 0 aliphatic carbocycles. The monoisotopic (exact) mass is 222 g/mol. The molecule has 0 bridgehead atoms. The van der Waals surface area contributed by atoms with Crippen LogP contribution in [-0.4, -0.2) is 82.4 Å². The fourth-order valence-electron chi connectivity index (χ4n) is 0.813. The summed E-state index contributed by atoms with van der Waals surface area (Å²) in [4.78, 5) is 10.5. The minimum Gasteiger partial charge on any atom is -0.402 e. The van der Waals surface area contributed by atoms with Gasteiger partial charge in [-0.3, -0.25) is 0 Å². The Hall–Kier alpha value is 0.271. The van der Waals surface area contributed by atoms with Gasteiger partial charge in [0.2, 0.25) is 0 Å². The fraction of sp³-hybridized carbons (Fsp3) is 0. The Labute approximate surface area is 115 Å². The van der Waals surface area contributed by atoms with Crippen LogP contribution in [0, 0.1) is 0 Å². The molecule has 0 heterocycles. The van der Waals surface area contributed by atoms with Gasteiger partial charge in [-0.1, -0.05) is 0 Å². The van der Waals surface area contributed by atoms with Gasteiger partial charge in [0.15, 0.2) is 0 Å². The van der Waals surface area contributed by atoms with E-state index in [-0.39, 0.29) is 0 Å². The van der Waals surface area contributed by atoms with E-state index in [1.807, 2.05) is 12.1 Å². The second kappa shape index (κ2) is 7.55. The molecule has 0 atom stereocenters. The number of carboxylic acid groups (broad SMARTS) is 1. The van der Waals surface area contributed by atoms with Crippen molar-refractivity contribution in [1.82, 2.24) is 0 Å². The summed E-state index contributed by atoms with van der Waals surface area (Å²) in [6, 6.07) is 7.12. The second-order valence-electron chi connectivity index (χ2n) is 2.47. The minimum atomic E-state index is -2.17. The summed E-state index contributed by atoms with van der Waals surface area (Å²) >= 11 is 0.446. The van der Waals surface area contributed by atoms with Crippen LogP contribution in [0.1, 0.15) is 10.4 Å². The smallest absolute Gasteiger partial charge is 0.402 e. The summed E-state index contributed by atoms with van der Waals surface area (Å²) < 4.78 is 0.988. The molecular weight excluding hydrogens is 214 g/mol. The molecule has 4 N–H and O–H groups in total. The maximum absolute atomic E-state index is 10.5. The van der Waals surface area contributed by atoms with Gasteiger partial charge in [0, 0.05) is 0 Å². The third kappa shape index (κ3) is 6.68. The molecule has 0 aliphatic rings. The van der Waals surface area contributed by atoms with Crippen molar-refractivity contribution < 1.29 is 25.0 Å². The number of rotatable bonds is 1. The molecule has 70 valence electrons. The normalized spacial score (nSPS) is 8.64. The Bertz CT molecular complexity index is 301. The van der Waals surface area contributed by atoms with E-state index in [1.54, 1.807) is 12.1 Å². The van der Waals surface area contributed by atoms with E-state index in [1.165, 1.54) is 0 Å². The van der Waals surface area contributed by atoms with Crippen LogP contribution < -0.4 is -0.342 Å². The van der Waals surface area contributed by atoms with Gasteiger partial charge >= 0.3 is 102 Å². The number of aromatic carboxylic acids is 1. The predicted molar refractivity (Wildman–Crippen MR) is 51.2 cm³/mol. The zero-order valence-corrected chi connectivity index (χ0v) is 10.7. The van der Waals surface area contributed by atoms with E-state index in [4.69, 9.17) is 20.2 Å². The van der Waals surface area contributed by atoms with Gasteiger partial charge in [-0.25, -0.2) is 0 Å². The molecule has 0 fully saturated rings. The van der Waals surface area contributed by atoms with Gasteiger partial charge in [-0.2, -0.15) is 0 Å². The molecule has 1 aromatic rings. The van der Waals surface area contributed by atoms with Crippen molar-refractivity contribution >= 4 is 61.9 Å². The summed E-state index contributed by atoms with van der Waals surface area (Å²) in [5, 5.41) is 30.1. The third-order valence-electron chi connectivity index (χ3n) is 1.38. The molecule has 0 amide bonds. The van der Waals surface area contributed by atoms with E-state index in [0.29, 0.717) is 54.5 Å². The van der Waals surface area contributed by atoms with Gasteiger partial charge in [0.1, 0.15) is 0 Å². The van der Waals surface area contributed by atoms with Gasteiger partial charge < -0.3 is 15.1 Å². The van der Waals surface area contributed by atoms with Crippen LogP contribution >= 0.6 is 0 Å². The first-order chi connectivity index (χ1) is 6.45. The van der Waals surface area contributed by atoms with Gasteiger partial charge in [0.05, 0.1) is 0 Å². The van der Waals surface area contributed by atoms with Crippen LogP contribution in [0.2, 0.25) is 0 Å². The van der Waals surface area contributed by atoms with Crippen LogP contribution in [0.5, 0.6) is 0 Å². The summed E-state index contributed by atoms with van der Waals surface area (Å²) in [6.07, 6.45) is 0. The van der Waals surface area contributed by atoms with Gasteiger partial charge in [-0.15, -0.1) is 0 Å². The maximum atomic E-state index is 10.5. The van der Waals surface area contributed by atoms with Crippen LogP contribution in [0.15, 0.2) is 24.3 Å². The van der Waals surface area contributed by atoms with Crippen molar-refractivity contribution in [2.45, 2.75) is 0 Å². The molecule has 1 rings (SSSR count). The molecule has 0 saturated carbocycles. The molecule has 0 saturated heterocycles. The Morgan fingerprint density at radius 3 is 1.93 bits per heavy atom. The number of benzene rings is 1. The molecule has 7 heteroatoms. The Kier molecular flexibility index (Phi) is 7.69. The Balaban J connectivity index is 0.000000364. The Morgan fingerprint density at radius 1 is 1.21 bits per heavy atom. The average molecular weight is 222 g/mol. The molecule has 0 unspecified atom stereocenters. The summed E-state index contributed by atoms with van der Waals surface area (Å²) in [7, 11) is -2.17. The first-order valence-electron chi connectivity index (χ1n) is 3.78. The van der Waals surface area contributed by atoms with E-state index >= 15 is 0 Å². The minimum absolute atomic E-state index is 0.446. The van der Waals surface area contributed by atoms with E-state index in [9.17, 15) is 4.79 Å². The van der Waals surface area contributed by atoms with Crippen molar-refractivity contribution in [1.29, 1.82) is 0 Å². The van der Waals surface area contributed by atoms with Crippen molar-refractivity contribution in [3.63, 3.8) is 0 Å². The molecule has 0 spiro atoms. The topological polar surface area (TPSA) is 98.0 Å². The molecule has 0 radical (unpaired) electrons. The second-order valence-corrected chi connectivity index (χ2v) is 4.15. The van der Waals surface area contributed by atoms with Crippen molar-refractivity contribution in [2.24, 2.45) is 0 Å². The molecular formula is C7H8BKO5. The predicted octanol–water partition coefficient (Wildman–Crippen LogP) is -1.87. The molecule has 0 aromatic heterocycles. The summed E-state index contributed by atoms with van der Waals surface area (Å²) in [6.45, 7) is 0. The molecule has 14 heavy (non-hydrogen) atoms. The Morgan fingerprint density at radius 2 is 1.64 bits per heavy atom. The van der Waals surface area contributed by atoms with Crippen LogP contribution in [0.4, 0.5) is 0 Å². The molecule has 1 aromatic carbocycles. The quantitative estimate of drug-likeness (QED) is 0.417. The summed E-state index contributed by atoms with van der Waals surface area (Å²) in [5.41, 5.74) is 0.461. The zero-order chi connectivity index (χ0) is 11.1. The zero-order valence-electron chi connectivity index (χ0n) is 7.58. The van der Waals surface area contributed by atoms with Gasteiger partial charge in [-0.05, 0) is 0 Å². The third-order valence-corrected chi connectivity index (χ3v) is 2.74. The van der Waals surface area contributed by atoms with E-state index in [2.05, 4.69) is 0 Å². The van der Waals surface area contributed by atoms with Crippen LogP contribution in [0.3, 0.4) is 0 Å². The number of carbonyl (C=O) groups is 1. The van der Waals surface area contributed by atoms with Crippen LogP contribution in [-0.2, 0) is 0 Å². The van der Waals surface area contributed by atoms with Crippen molar-refractivity contribution in [3.8, 4) is 0 Å². The van der Waals surface area contributed by atoms with E-state index < -0.39 is 13.3 Å². The first kappa shape index (κ1) is 14.3. The SMILES string of the molecule is O=C(O)c1cccc[c]1[K].OB(O)O.